The molecule has 0 spiro atoms. The largest absolute Gasteiger partial charge is 0.478 e. The summed E-state index contributed by atoms with van der Waals surface area (Å²) in [5.74, 6) is -0.948. The summed E-state index contributed by atoms with van der Waals surface area (Å²) in [6.07, 6.45) is 3.95. The number of nitrogens with zero attached hydrogens (tertiary/aromatic N) is 1. The first-order valence-corrected chi connectivity index (χ1v) is 7.33. The lowest BCUT2D eigenvalue weighted by atomic mass is 10.1. The van der Waals surface area contributed by atoms with Crippen molar-refractivity contribution in [3.8, 4) is 0 Å². The first-order valence-electron chi connectivity index (χ1n) is 6.54. The van der Waals surface area contributed by atoms with Crippen LogP contribution in [-0.4, -0.2) is 36.9 Å². The lowest BCUT2D eigenvalue weighted by Gasteiger charge is -2.30. The van der Waals surface area contributed by atoms with E-state index in [0.29, 0.717) is 6.04 Å². The molecule has 20 heavy (non-hydrogen) atoms. The van der Waals surface area contributed by atoms with Crippen molar-refractivity contribution >= 4 is 33.7 Å². The van der Waals surface area contributed by atoms with Crippen LogP contribution in [-0.2, 0) is 9.53 Å². The van der Waals surface area contributed by atoms with Crippen LogP contribution in [0.1, 0.15) is 18.9 Å². The number of likely N-dealkylation sites (N-methyl/N-ethyl adjacent to an activating group) is 1. The van der Waals surface area contributed by atoms with Crippen LogP contribution in [0, 0.1) is 0 Å². The SMILES string of the molecule is CC1OCCC1N(C)c1ccc(Br)cc1/C=C/C(=O)O. The van der Waals surface area contributed by atoms with Gasteiger partial charge in [0, 0.05) is 29.9 Å². The van der Waals surface area contributed by atoms with Crippen LogP contribution in [0.15, 0.2) is 28.7 Å². The van der Waals surface area contributed by atoms with E-state index in [2.05, 4.69) is 27.8 Å². The molecule has 1 saturated heterocycles. The quantitative estimate of drug-likeness (QED) is 0.856. The molecule has 1 aromatic rings. The van der Waals surface area contributed by atoms with Gasteiger partial charge in [-0.2, -0.15) is 0 Å². The molecule has 0 radical (unpaired) electrons. The van der Waals surface area contributed by atoms with Crippen molar-refractivity contribution in [2.75, 3.05) is 18.6 Å². The molecule has 1 aromatic carbocycles. The van der Waals surface area contributed by atoms with E-state index in [0.717, 1.165) is 34.8 Å². The third-order valence-corrected chi connectivity index (χ3v) is 4.10. The zero-order valence-electron chi connectivity index (χ0n) is 11.5. The Balaban J connectivity index is 2.32. The molecule has 0 saturated carbocycles. The van der Waals surface area contributed by atoms with E-state index in [1.54, 1.807) is 6.08 Å². The standard InChI is InChI=1S/C15H18BrNO3/c1-10-13(7-8-20-10)17(2)14-5-4-12(16)9-11(14)3-6-15(18)19/h3-6,9-10,13H,7-8H2,1-2H3,(H,18,19)/b6-3+. The minimum Gasteiger partial charge on any atom is -0.478 e. The Morgan fingerprint density at radius 2 is 2.30 bits per heavy atom. The normalized spacial score (nSPS) is 22.4. The van der Waals surface area contributed by atoms with Gasteiger partial charge in [0.05, 0.1) is 12.1 Å². The molecule has 1 aliphatic heterocycles. The van der Waals surface area contributed by atoms with Gasteiger partial charge in [-0.3, -0.25) is 0 Å². The molecule has 0 amide bonds. The van der Waals surface area contributed by atoms with Crippen molar-refractivity contribution in [2.45, 2.75) is 25.5 Å². The Morgan fingerprint density at radius 3 is 2.90 bits per heavy atom. The molecule has 2 unspecified atom stereocenters. The number of halogens is 1. The summed E-state index contributed by atoms with van der Waals surface area (Å²) in [6, 6.07) is 6.19. The third kappa shape index (κ3) is 3.41. The summed E-state index contributed by atoms with van der Waals surface area (Å²) < 4.78 is 6.53. The number of ether oxygens (including phenoxy) is 1. The van der Waals surface area contributed by atoms with Crippen LogP contribution < -0.4 is 4.90 Å². The van der Waals surface area contributed by atoms with Gasteiger partial charge in [-0.15, -0.1) is 0 Å². The number of carbonyl (C=O) groups is 1. The Hall–Kier alpha value is -1.33. The fourth-order valence-electron chi connectivity index (χ4n) is 2.55. The topological polar surface area (TPSA) is 49.8 Å². The Bertz CT molecular complexity index is 530. The summed E-state index contributed by atoms with van der Waals surface area (Å²) in [5.41, 5.74) is 1.89. The average Bonchev–Trinajstić information content (AvgIpc) is 2.82. The number of benzene rings is 1. The number of rotatable bonds is 4. The highest BCUT2D eigenvalue weighted by molar-refractivity contribution is 9.10. The molecule has 108 valence electrons. The maximum Gasteiger partial charge on any atom is 0.328 e. The molecule has 1 aliphatic rings. The molecular formula is C15H18BrNO3. The zero-order chi connectivity index (χ0) is 14.7. The fourth-order valence-corrected chi connectivity index (χ4v) is 2.93. The number of carboxylic acid groups (broad SMARTS) is 1. The van der Waals surface area contributed by atoms with Gasteiger partial charge in [0.15, 0.2) is 0 Å². The van der Waals surface area contributed by atoms with Gasteiger partial charge in [0.2, 0.25) is 0 Å². The van der Waals surface area contributed by atoms with Crippen LogP contribution in [0.25, 0.3) is 6.08 Å². The van der Waals surface area contributed by atoms with Gasteiger partial charge in [-0.1, -0.05) is 15.9 Å². The highest BCUT2D eigenvalue weighted by Gasteiger charge is 2.28. The van der Waals surface area contributed by atoms with Gasteiger partial charge in [0.1, 0.15) is 0 Å². The predicted molar refractivity (Wildman–Crippen MR) is 83.0 cm³/mol. The second-order valence-corrected chi connectivity index (χ2v) is 5.83. The molecule has 1 fully saturated rings. The van der Waals surface area contributed by atoms with E-state index in [1.807, 2.05) is 25.2 Å². The lowest BCUT2D eigenvalue weighted by molar-refractivity contribution is -0.131. The van der Waals surface area contributed by atoms with Crippen molar-refractivity contribution < 1.29 is 14.6 Å². The Kier molecular flexibility index (Phi) is 4.83. The van der Waals surface area contributed by atoms with E-state index in [-0.39, 0.29) is 6.10 Å². The third-order valence-electron chi connectivity index (χ3n) is 3.61. The van der Waals surface area contributed by atoms with Gasteiger partial charge >= 0.3 is 5.97 Å². The Morgan fingerprint density at radius 1 is 1.55 bits per heavy atom. The average molecular weight is 340 g/mol. The lowest BCUT2D eigenvalue weighted by Crippen LogP contribution is -2.37. The van der Waals surface area contributed by atoms with Gasteiger partial charge in [-0.25, -0.2) is 4.79 Å². The van der Waals surface area contributed by atoms with Crippen molar-refractivity contribution in [1.29, 1.82) is 0 Å². The molecule has 4 nitrogen and oxygen atoms in total. The summed E-state index contributed by atoms with van der Waals surface area (Å²) in [4.78, 5) is 12.9. The minimum atomic E-state index is -0.948. The maximum atomic E-state index is 10.7. The van der Waals surface area contributed by atoms with E-state index in [4.69, 9.17) is 9.84 Å². The fraction of sp³-hybridized carbons (Fsp3) is 0.400. The van der Waals surface area contributed by atoms with Gasteiger partial charge in [-0.05, 0) is 43.2 Å². The number of aliphatic carboxylic acids is 1. The number of hydrogen-bond acceptors (Lipinski definition) is 3. The number of carboxylic acids is 1. The predicted octanol–water partition coefficient (Wildman–Crippen LogP) is 3.16. The number of hydrogen-bond donors (Lipinski definition) is 1. The summed E-state index contributed by atoms with van der Waals surface area (Å²) >= 11 is 3.42. The summed E-state index contributed by atoms with van der Waals surface area (Å²) in [7, 11) is 2.02. The van der Waals surface area contributed by atoms with Crippen molar-refractivity contribution in [1.82, 2.24) is 0 Å². The molecule has 0 aromatic heterocycles. The van der Waals surface area contributed by atoms with E-state index in [9.17, 15) is 4.79 Å². The molecule has 0 bridgehead atoms. The molecule has 2 atom stereocenters. The van der Waals surface area contributed by atoms with Crippen LogP contribution >= 0.6 is 15.9 Å². The van der Waals surface area contributed by atoms with Crippen molar-refractivity contribution in [3.63, 3.8) is 0 Å². The van der Waals surface area contributed by atoms with Gasteiger partial charge in [0.25, 0.3) is 0 Å². The summed E-state index contributed by atoms with van der Waals surface area (Å²) in [6.45, 7) is 2.84. The molecule has 1 heterocycles. The first-order chi connectivity index (χ1) is 9.49. The maximum absolute atomic E-state index is 10.7. The molecule has 1 N–H and O–H groups in total. The van der Waals surface area contributed by atoms with E-state index in [1.165, 1.54) is 0 Å². The van der Waals surface area contributed by atoms with Crippen LogP contribution in [0.2, 0.25) is 0 Å². The van der Waals surface area contributed by atoms with Crippen molar-refractivity contribution in [2.24, 2.45) is 0 Å². The summed E-state index contributed by atoms with van der Waals surface area (Å²) in [5, 5.41) is 8.80. The molecule has 2 rings (SSSR count). The van der Waals surface area contributed by atoms with Crippen molar-refractivity contribution in [3.05, 3.63) is 34.3 Å². The smallest absolute Gasteiger partial charge is 0.328 e. The minimum absolute atomic E-state index is 0.181. The highest BCUT2D eigenvalue weighted by Crippen LogP contribution is 2.30. The molecule has 5 heteroatoms. The first kappa shape index (κ1) is 15.1. The Labute approximate surface area is 127 Å². The second-order valence-electron chi connectivity index (χ2n) is 4.92. The van der Waals surface area contributed by atoms with E-state index < -0.39 is 5.97 Å². The van der Waals surface area contributed by atoms with Gasteiger partial charge < -0.3 is 14.7 Å². The van der Waals surface area contributed by atoms with Crippen LogP contribution in [0.4, 0.5) is 5.69 Å². The number of anilines is 1. The monoisotopic (exact) mass is 339 g/mol. The zero-order valence-corrected chi connectivity index (χ0v) is 13.1. The molecular weight excluding hydrogens is 322 g/mol. The molecule has 0 aliphatic carbocycles. The second kappa shape index (κ2) is 6.41. The van der Waals surface area contributed by atoms with Crippen LogP contribution in [0.3, 0.4) is 0 Å². The van der Waals surface area contributed by atoms with Crippen LogP contribution in [0.5, 0.6) is 0 Å². The highest BCUT2D eigenvalue weighted by atomic mass is 79.9. The van der Waals surface area contributed by atoms with E-state index >= 15 is 0 Å².